The maximum absolute atomic E-state index is 12.6. The molecule has 0 spiro atoms. The minimum Gasteiger partial charge on any atom is -0.367 e. The highest BCUT2D eigenvalue weighted by molar-refractivity contribution is 6.04. The zero-order chi connectivity index (χ0) is 27.1. The Morgan fingerprint density at radius 2 is 1.73 bits per heavy atom. The molecule has 7 rings (SSSR count). The predicted molar refractivity (Wildman–Crippen MR) is 156 cm³/mol. The third kappa shape index (κ3) is 4.44. The number of amides is 1. The first-order valence-electron chi connectivity index (χ1n) is 13.2. The molecule has 0 atom stereocenters. The number of piperazine rings is 1. The Labute approximate surface area is 230 Å². The number of aromatic amines is 2. The predicted octanol–water partition coefficient (Wildman–Crippen LogP) is 4.57. The van der Waals surface area contributed by atoms with Gasteiger partial charge in [-0.3, -0.25) is 19.9 Å². The van der Waals surface area contributed by atoms with Gasteiger partial charge in [-0.15, -0.1) is 0 Å². The number of carbonyl (C=O) groups excluding carboxylic acids is 1. The Balaban J connectivity index is 1.21. The molecule has 10 heteroatoms. The number of H-pyrrole nitrogens is 2. The fourth-order valence-electron chi connectivity index (χ4n) is 5.15. The van der Waals surface area contributed by atoms with Crippen LogP contribution in [0.15, 0.2) is 79.4 Å². The maximum Gasteiger partial charge on any atom is 0.255 e. The van der Waals surface area contributed by atoms with Crippen LogP contribution in [0.4, 0.5) is 11.4 Å². The van der Waals surface area contributed by atoms with E-state index < -0.39 is 0 Å². The van der Waals surface area contributed by atoms with E-state index in [1.54, 1.807) is 24.5 Å². The molecular formula is C30H27N9O. The summed E-state index contributed by atoms with van der Waals surface area (Å²) in [6.07, 6.45) is 7.17. The van der Waals surface area contributed by atoms with Crippen LogP contribution in [0.5, 0.6) is 0 Å². The Morgan fingerprint density at radius 1 is 0.900 bits per heavy atom. The number of aromatic nitrogens is 6. The third-order valence-electron chi connectivity index (χ3n) is 7.36. The number of hydrogen-bond donors (Lipinski definition) is 3. The van der Waals surface area contributed by atoms with Crippen LogP contribution < -0.4 is 10.2 Å². The van der Waals surface area contributed by atoms with Crippen molar-refractivity contribution in [2.75, 3.05) is 43.4 Å². The van der Waals surface area contributed by atoms with E-state index in [9.17, 15) is 4.79 Å². The summed E-state index contributed by atoms with van der Waals surface area (Å²) >= 11 is 0. The molecule has 198 valence electrons. The Hall–Kier alpha value is -5.09. The summed E-state index contributed by atoms with van der Waals surface area (Å²) < 4.78 is 0. The van der Waals surface area contributed by atoms with Crippen LogP contribution >= 0.6 is 0 Å². The molecule has 6 aromatic rings. The van der Waals surface area contributed by atoms with E-state index in [4.69, 9.17) is 4.98 Å². The molecule has 1 aliphatic rings. The number of carbonyl (C=O) groups is 1. The number of anilines is 2. The summed E-state index contributed by atoms with van der Waals surface area (Å²) in [5.74, 6) is -0.190. The van der Waals surface area contributed by atoms with Gasteiger partial charge >= 0.3 is 0 Å². The van der Waals surface area contributed by atoms with Gasteiger partial charge in [0.2, 0.25) is 0 Å². The molecule has 5 aromatic heterocycles. The summed E-state index contributed by atoms with van der Waals surface area (Å²) in [4.78, 5) is 34.7. The summed E-state index contributed by atoms with van der Waals surface area (Å²) in [6.45, 7) is 3.98. The second-order valence-electron chi connectivity index (χ2n) is 10.0. The molecule has 0 unspecified atom stereocenters. The molecule has 10 nitrogen and oxygen atoms in total. The number of benzene rings is 1. The average Bonchev–Trinajstić information content (AvgIpc) is 3.62. The Bertz CT molecular complexity index is 1830. The molecule has 1 aliphatic heterocycles. The van der Waals surface area contributed by atoms with Crippen molar-refractivity contribution in [2.45, 2.75) is 0 Å². The van der Waals surface area contributed by atoms with Gasteiger partial charge in [0.15, 0.2) is 0 Å². The first kappa shape index (κ1) is 24.0. The lowest BCUT2D eigenvalue weighted by Gasteiger charge is -2.34. The van der Waals surface area contributed by atoms with Crippen molar-refractivity contribution in [1.29, 1.82) is 0 Å². The summed E-state index contributed by atoms with van der Waals surface area (Å²) in [5, 5.41) is 11.8. The first-order valence-corrected chi connectivity index (χ1v) is 13.2. The lowest BCUT2D eigenvalue weighted by Crippen LogP contribution is -2.44. The van der Waals surface area contributed by atoms with E-state index in [0.717, 1.165) is 76.4 Å². The van der Waals surface area contributed by atoms with E-state index in [1.165, 1.54) is 0 Å². The van der Waals surface area contributed by atoms with Crippen LogP contribution in [0.1, 0.15) is 10.4 Å². The van der Waals surface area contributed by atoms with Crippen molar-refractivity contribution >= 4 is 39.2 Å². The van der Waals surface area contributed by atoms with Crippen LogP contribution in [0.25, 0.3) is 44.6 Å². The van der Waals surface area contributed by atoms with Crippen molar-refractivity contribution in [3.8, 4) is 22.6 Å². The molecule has 0 radical (unpaired) electrons. The lowest BCUT2D eigenvalue weighted by atomic mass is 10.1. The zero-order valence-electron chi connectivity index (χ0n) is 21.9. The Kier molecular flexibility index (Phi) is 5.94. The van der Waals surface area contributed by atoms with Gasteiger partial charge in [-0.05, 0) is 43.4 Å². The number of likely N-dealkylation sites (N-methyl/N-ethyl adjacent to an activating group) is 1. The SMILES string of the molecule is CN1CCN(c2cncc3[nH]c(-c4n[nH]c5ccc(-c6cncc(NC(=O)c7ccccc7)c6)nc45)cc23)CC1. The molecular weight excluding hydrogens is 502 g/mol. The molecule has 40 heavy (non-hydrogen) atoms. The summed E-state index contributed by atoms with van der Waals surface area (Å²) in [7, 11) is 2.15. The normalized spacial score (nSPS) is 14.2. The second-order valence-corrected chi connectivity index (χ2v) is 10.0. The van der Waals surface area contributed by atoms with Crippen molar-refractivity contribution in [3.05, 3.63) is 84.9 Å². The largest absolute Gasteiger partial charge is 0.367 e. The van der Waals surface area contributed by atoms with Crippen LogP contribution in [0, 0.1) is 0 Å². The monoisotopic (exact) mass is 529 g/mol. The van der Waals surface area contributed by atoms with Gasteiger partial charge in [-0.2, -0.15) is 5.10 Å². The standard InChI is InChI=1S/C30H27N9O/c1-38-9-11-39(12-10-38)27-18-32-17-26-22(27)14-25(34-26)29-28-24(36-37-29)8-7-23(35-28)20-13-21(16-31-15-20)33-30(40)19-5-3-2-4-6-19/h2-8,13-18,34H,9-12H2,1H3,(H,33,40)(H,36,37). The van der Waals surface area contributed by atoms with Gasteiger partial charge in [0.25, 0.3) is 5.91 Å². The molecule has 1 aromatic carbocycles. The number of hydrogen-bond acceptors (Lipinski definition) is 7. The van der Waals surface area contributed by atoms with Gasteiger partial charge < -0.3 is 20.1 Å². The highest BCUT2D eigenvalue weighted by Crippen LogP contribution is 2.33. The summed E-state index contributed by atoms with van der Waals surface area (Å²) in [6, 6.07) is 17.0. The molecule has 0 aliphatic carbocycles. The molecule has 1 amide bonds. The van der Waals surface area contributed by atoms with Crippen molar-refractivity contribution in [3.63, 3.8) is 0 Å². The molecule has 1 fully saturated rings. The fraction of sp³-hybridized carbons (Fsp3) is 0.167. The molecule has 1 saturated heterocycles. The average molecular weight is 530 g/mol. The molecule has 3 N–H and O–H groups in total. The smallest absolute Gasteiger partial charge is 0.255 e. The number of nitrogens with one attached hydrogen (secondary N) is 3. The van der Waals surface area contributed by atoms with E-state index in [-0.39, 0.29) is 5.91 Å². The van der Waals surface area contributed by atoms with E-state index >= 15 is 0 Å². The molecule has 0 saturated carbocycles. The van der Waals surface area contributed by atoms with Crippen LogP contribution in [-0.4, -0.2) is 74.2 Å². The van der Waals surface area contributed by atoms with Gasteiger partial charge in [-0.1, -0.05) is 18.2 Å². The van der Waals surface area contributed by atoms with Crippen LogP contribution in [-0.2, 0) is 0 Å². The van der Waals surface area contributed by atoms with Gasteiger partial charge in [0, 0.05) is 48.9 Å². The Morgan fingerprint density at radius 3 is 2.58 bits per heavy atom. The third-order valence-corrected chi connectivity index (χ3v) is 7.36. The number of nitrogens with zero attached hydrogens (tertiary/aromatic N) is 6. The van der Waals surface area contributed by atoms with Crippen molar-refractivity contribution in [1.82, 2.24) is 35.0 Å². The van der Waals surface area contributed by atoms with Gasteiger partial charge in [0.1, 0.15) is 11.2 Å². The van der Waals surface area contributed by atoms with E-state index in [0.29, 0.717) is 11.3 Å². The van der Waals surface area contributed by atoms with Gasteiger partial charge in [-0.25, -0.2) is 4.98 Å². The minimum absolute atomic E-state index is 0.190. The van der Waals surface area contributed by atoms with Crippen LogP contribution in [0.3, 0.4) is 0 Å². The zero-order valence-corrected chi connectivity index (χ0v) is 21.9. The minimum atomic E-state index is -0.190. The van der Waals surface area contributed by atoms with Crippen molar-refractivity contribution in [2.24, 2.45) is 0 Å². The molecule has 0 bridgehead atoms. The van der Waals surface area contributed by atoms with E-state index in [1.807, 2.05) is 48.8 Å². The van der Waals surface area contributed by atoms with Gasteiger partial charge in [0.05, 0.1) is 52.4 Å². The first-order chi connectivity index (χ1) is 19.6. The van der Waals surface area contributed by atoms with Crippen LogP contribution in [0.2, 0.25) is 0 Å². The number of fused-ring (bicyclic) bond motifs is 2. The van der Waals surface area contributed by atoms with E-state index in [2.05, 4.69) is 53.4 Å². The quantitative estimate of drug-likeness (QED) is 0.299. The summed E-state index contributed by atoms with van der Waals surface area (Å²) in [5.41, 5.74) is 7.97. The van der Waals surface area contributed by atoms with Crippen molar-refractivity contribution < 1.29 is 4.79 Å². The fourth-order valence-corrected chi connectivity index (χ4v) is 5.15. The second kappa shape index (κ2) is 9.90. The highest BCUT2D eigenvalue weighted by atomic mass is 16.1. The highest BCUT2D eigenvalue weighted by Gasteiger charge is 2.20. The maximum atomic E-state index is 12.6. The number of pyridine rings is 3. The number of rotatable bonds is 5. The lowest BCUT2D eigenvalue weighted by molar-refractivity contribution is 0.102. The molecule has 6 heterocycles. The topological polar surface area (TPSA) is 119 Å².